The molecular formula is C11H14O3. The summed E-state index contributed by atoms with van der Waals surface area (Å²) in [5.41, 5.74) is 1.12. The zero-order valence-electron chi connectivity index (χ0n) is 7.93. The van der Waals surface area contributed by atoms with Gasteiger partial charge in [-0.25, -0.2) is 0 Å². The molecule has 0 unspecified atom stereocenters. The molecular weight excluding hydrogens is 180 g/mol. The van der Waals surface area contributed by atoms with E-state index in [0.717, 1.165) is 5.56 Å². The van der Waals surface area contributed by atoms with Crippen molar-refractivity contribution in [1.82, 2.24) is 0 Å². The summed E-state index contributed by atoms with van der Waals surface area (Å²) in [6.45, 7) is 1.42. The Balaban J connectivity index is 1.82. The lowest BCUT2D eigenvalue weighted by Crippen LogP contribution is -2.26. The zero-order chi connectivity index (χ0) is 9.80. The van der Waals surface area contributed by atoms with E-state index < -0.39 is 6.10 Å². The van der Waals surface area contributed by atoms with Gasteiger partial charge in [-0.2, -0.15) is 0 Å². The smallest absolute Gasteiger partial charge is 0.109 e. The molecule has 1 fully saturated rings. The predicted molar refractivity (Wildman–Crippen MR) is 51.8 cm³/mol. The van der Waals surface area contributed by atoms with Crippen LogP contribution in [0.5, 0.6) is 0 Å². The van der Waals surface area contributed by atoms with Crippen molar-refractivity contribution in [2.24, 2.45) is 0 Å². The fourth-order valence-corrected chi connectivity index (χ4v) is 1.46. The molecule has 1 heterocycles. The highest BCUT2D eigenvalue weighted by Crippen LogP contribution is 2.12. The summed E-state index contributed by atoms with van der Waals surface area (Å²) in [6, 6.07) is 9.92. The molecule has 0 amide bonds. The number of hydrogen-bond donors (Lipinski definition) is 1. The van der Waals surface area contributed by atoms with Crippen molar-refractivity contribution in [3.8, 4) is 0 Å². The van der Waals surface area contributed by atoms with E-state index >= 15 is 0 Å². The van der Waals surface area contributed by atoms with E-state index in [1.54, 1.807) is 0 Å². The maximum atomic E-state index is 9.42. The van der Waals surface area contributed by atoms with E-state index in [-0.39, 0.29) is 6.10 Å². The number of hydrogen-bond acceptors (Lipinski definition) is 3. The third-order valence-corrected chi connectivity index (χ3v) is 2.31. The number of ether oxygens (including phenoxy) is 2. The summed E-state index contributed by atoms with van der Waals surface area (Å²) >= 11 is 0. The minimum atomic E-state index is -0.473. The highest BCUT2D eigenvalue weighted by atomic mass is 16.6. The SMILES string of the molecule is O[C@@H]1COC[C@H]1OCc1ccccc1. The Labute approximate surface area is 83.3 Å². The predicted octanol–water partition coefficient (Wildman–Crippen LogP) is 0.963. The Morgan fingerprint density at radius 3 is 2.71 bits per heavy atom. The van der Waals surface area contributed by atoms with E-state index in [2.05, 4.69) is 0 Å². The molecule has 1 aliphatic rings. The number of aliphatic hydroxyl groups excluding tert-OH is 1. The van der Waals surface area contributed by atoms with E-state index in [1.165, 1.54) is 0 Å². The molecule has 2 rings (SSSR count). The van der Waals surface area contributed by atoms with E-state index in [0.29, 0.717) is 19.8 Å². The van der Waals surface area contributed by atoms with Crippen LogP contribution >= 0.6 is 0 Å². The van der Waals surface area contributed by atoms with Gasteiger partial charge in [-0.05, 0) is 5.56 Å². The van der Waals surface area contributed by atoms with Crippen LogP contribution < -0.4 is 0 Å². The van der Waals surface area contributed by atoms with Crippen molar-refractivity contribution in [2.45, 2.75) is 18.8 Å². The zero-order valence-corrected chi connectivity index (χ0v) is 7.93. The summed E-state index contributed by atoms with van der Waals surface area (Å²) in [5, 5.41) is 9.42. The average molecular weight is 194 g/mol. The van der Waals surface area contributed by atoms with Crippen molar-refractivity contribution in [3.05, 3.63) is 35.9 Å². The Hall–Kier alpha value is -0.900. The van der Waals surface area contributed by atoms with Crippen LogP contribution in [0, 0.1) is 0 Å². The molecule has 0 saturated carbocycles. The largest absolute Gasteiger partial charge is 0.388 e. The van der Waals surface area contributed by atoms with Gasteiger partial charge < -0.3 is 14.6 Å². The van der Waals surface area contributed by atoms with Crippen LogP contribution in [0.2, 0.25) is 0 Å². The number of rotatable bonds is 3. The van der Waals surface area contributed by atoms with Crippen LogP contribution in [0.3, 0.4) is 0 Å². The molecule has 1 saturated heterocycles. The molecule has 76 valence electrons. The van der Waals surface area contributed by atoms with Gasteiger partial charge in [0.15, 0.2) is 0 Å². The molecule has 1 aromatic rings. The molecule has 3 nitrogen and oxygen atoms in total. The number of aliphatic hydroxyl groups is 1. The van der Waals surface area contributed by atoms with Crippen molar-refractivity contribution < 1.29 is 14.6 Å². The summed E-state index contributed by atoms with van der Waals surface area (Å²) < 4.78 is 10.6. The molecule has 1 N–H and O–H groups in total. The molecule has 2 atom stereocenters. The molecule has 14 heavy (non-hydrogen) atoms. The van der Waals surface area contributed by atoms with Crippen LogP contribution in [0.1, 0.15) is 5.56 Å². The fourth-order valence-electron chi connectivity index (χ4n) is 1.46. The van der Waals surface area contributed by atoms with Gasteiger partial charge in [-0.1, -0.05) is 30.3 Å². The Morgan fingerprint density at radius 2 is 2.07 bits per heavy atom. The van der Waals surface area contributed by atoms with Crippen LogP contribution in [0.25, 0.3) is 0 Å². The second-order valence-corrected chi connectivity index (χ2v) is 3.44. The average Bonchev–Trinajstić information content (AvgIpc) is 2.63. The van der Waals surface area contributed by atoms with Gasteiger partial charge in [-0.15, -0.1) is 0 Å². The fraction of sp³-hybridized carbons (Fsp3) is 0.455. The topological polar surface area (TPSA) is 38.7 Å². The van der Waals surface area contributed by atoms with Gasteiger partial charge in [0.05, 0.1) is 19.8 Å². The molecule has 0 aliphatic carbocycles. The molecule has 0 aromatic heterocycles. The van der Waals surface area contributed by atoms with Crippen LogP contribution in [0.4, 0.5) is 0 Å². The standard InChI is InChI=1S/C11H14O3/c12-10-7-13-8-11(10)14-6-9-4-2-1-3-5-9/h1-5,10-12H,6-8H2/t10-,11-/m1/s1. The van der Waals surface area contributed by atoms with Crippen LogP contribution in [-0.2, 0) is 16.1 Å². The van der Waals surface area contributed by atoms with Gasteiger partial charge in [0.2, 0.25) is 0 Å². The van der Waals surface area contributed by atoms with E-state index in [1.807, 2.05) is 30.3 Å². The number of benzene rings is 1. The molecule has 0 spiro atoms. The van der Waals surface area contributed by atoms with Gasteiger partial charge in [0.25, 0.3) is 0 Å². The van der Waals surface area contributed by atoms with Crippen LogP contribution in [-0.4, -0.2) is 30.5 Å². The molecule has 1 aromatic carbocycles. The van der Waals surface area contributed by atoms with Crippen molar-refractivity contribution in [1.29, 1.82) is 0 Å². The van der Waals surface area contributed by atoms with Gasteiger partial charge in [0.1, 0.15) is 12.2 Å². The Bertz CT molecular complexity index is 273. The quantitative estimate of drug-likeness (QED) is 0.779. The van der Waals surface area contributed by atoms with Crippen molar-refractivity contribution in [2.75, 3.05) is 13.2 Å². The maximum absolute atomic E-state index is 9.42. The second kappa shape index (κ2) is 4.55. The summed E-state index contributed by atoms with van der Waals surface area (Å²) in [5.74, 6) is 0. The highest BCUT2D eigenvalue weighted by Gasteiger charge is 2.26. The third kappa shape index (κ3) is 2.32. The first-order valence-electron chi connectivity index (χ1n) is 4.77. The lowest BCUT2D eigenvalue weighted by atomic mass is 10.2. The first-order valence-corrected chi connectivity index (χ1v) is 4.77. The Morgan fingerprint density at radius 1 is 1.29 bits per heavy atom. The molecule has 0 bridgehead atoms. The van der Waals surface area contributed by atoms with Crippen molar-refractivity contribution in [3.63, 3.8) is 0 Å². The van der Waals surface area contributed by atoms with Crippen molar-refractivity contribution >= 4 is 0 Å². The van der Waals surface area contributed by atoms with E-state index in [9.17, 15) is 5.11 Å². The van der Waals surface area contributed by atoms with Gasteiger partial charge in [0, 0.05) is 0 Å². The lowest BCUT2D eigenvalue weighted by molar-refractivity contribution is -0.0188. The summed E-state index contributed by atoms with van der Waals surface area (Å²) in [7, 11) is 0. The monoisotopic (exact) mass is 194 g/mol. The molecule has 3 heteroatoms. The third-order valence-electron chi connectivity index (χ3n) is 2.31. The summed E-state index contributed by atoms with van der Waals surface area (Å²) in [4.78, 5) is 0. The van der Waals surface area contributed by atoms with Gasteiger partial charge in [-0.3, -0.25) is 0 Å². The summed E-state index contributed by atoms with van der Waals surface area (Å²) in [6.07, 6.45) is -0.645. The first-order chi connectivity index (χ1) is 6.86. The maximum Gasteiger partial charge on any atom is 0.109 e. The molecule has 0 radical (unpaired) electrons. The lowest BCUT2D eigenvalue weighted by Gasteiger charge is -2.13. The normalized spacial score (nSPS) is 26.6. The Kier molecular flexibility index (Phi) is 3.14. The molecule has 1 aliphatic heterocycles. The minimum Gasteiger partial charge on any atom is -0.388 e. The highest BCUT2D eigenvalue weighted by molar-refractivity contribution is 5.13. The second-order valence-electron chi connectivity index (χ2n) is 3.44. The first kappa shape index (κ1) is 9.65. The van der Waals surface area contributed by atoms with E-state index in [4.69, 9.17) is 9.47 Å². The van der Waals surface area contributed by atoms with Crippen LogP contribution in [0.15, 0.2) is 30.3 Å². The van der Waals surface area contributed by atoms with Gasteiger partial charge >= 0.3 is 0 Å². The minimum absolute atomic E-state index is 0.171.